The number of nitrogens with zero attached hydrogens (tertiary/aromatic N) is 1. The lowest BCUT2D eigenvalue weighted by Crippen LogP contribution is -2.30. The van der Waals surface area contributed by atoms with Gasteiger partial charge in [-0.3, -0.25) is 4.79 Å². The summed E-state index contributed by atoms with van der Waals surface area (Å²) in [4.78, 5) is 11.4. The third-order valence-electron chi connectivity index (χ3n) is 2.50. The Balaban J connectivity index is 3.02. The molecule has 1 unspecified atom stereocenters. The van der Waals surface area contributed by atoms with Gasteiger partial charge >= 0.3 is 0 Å². The second kappa shape index (κ2) is 6.48. The zero-order chi connectivity index (χ0) is 15.4. The molecular formula is C13H11F3N2OS. The van der Waals surface area contributed by atoms with Crippen molar-refractivity contribution in [3.05, 3.63) is 29.6 Å². The number of nitriles is 1. The first-order valence-corrected chi connectivity index (χ1v) is 6.07. The van der Waals surface area contributed by atoms with Crippen molar-refractivity contribution in [1.29, 1.82) is 5.26 Å². The van der Waals surface area contributed by atoms with Gasteiger partial charge in [0.1, 0.15) is 16.5 Å². The Morgan fingerprint density at radius 3 is 2.20 bits per heavy atom. The third kappa shape index (κ3) is 3.54. The Kier molecular flexibility index (Phi) is 5.22. The fourth-order valence-electron chi connectivity index (χ4n) is 1.44. The smallest absolute Gasteiger partial charge is 0.159 e. The molecule has 0 saturated heterocycles. The molecule has 3 nitrogen and oxygen atoms in total. The van der Waals surface area contributed by atoms with E-state index in [-0.39, 0.29) is 4.99 Å². The molecule has 20 heavy (non-hydrogen) atoms. The standard InChI is InChI=1S/C13H11F3N2OS/c1-6(2)12(19)8(5-17)13(20)18-11-9(15)3-7(14)4-10(11)16/h3-4,6,8H,1-2H3,(H,18,20). The van der Waals surface area contributed by atoms with Crippen LogP contribution in [0.4, 0.5) is 18.9 Å². The van der Waals surface area contributed by atoms with Gasteiger partial charge in [0.2, 0.25) is 0 Å². The van der Waals surface area contributed by atoms with Crippen molar-refractivity contribution in [2.75, 3.05) is 5.32 Å². The van der Waals surface area contributed by atoms with Crippen molar-refractivity contribution >= 4 is 28.7 Å². The second-order valence-corrected chi connectivity index (χ2v) is 4.79. The predicted molar refractivity (Wildman–Crippen MR) is 71.5 cm³/mol. The van der Waals surface area contributed by atoms with Crippen LogP contribution in [-0.4, -0.2) is 10.8 Å². The molecule has 0 bridgehead atoms. The third-order valence-corrected chi connectivity index (χ3v) is 2.84. The number of carbonyl (C=O) groups is 1. The van der Waals surface area contributed by atoms with E-state index in [4.69, 9.17) is 17.5 Å². The average Bonchev–Trinajstić information content (AvgIpc) is 2.34. The molecule has 0 aliphatic carbocycles. The fraction of sp³-hybridized carbons (Fsp3) is 0.308. The zero-order valence-corrected chi connectivity index (χ0v) is 11.5. The monoisotopic (exact) mass is 300 g/mol. The van der Waals surface area contributed by atoms with Crippen molar-refractivity contribution in [3.8, 4) is 6.07 Å². The first-order chi connectivity index (χ1) is 9.27. The van der Waals surface area contributed by atoms with Crippen molar-refractivity contribution in [2.24, 2.45) is 11.8 Å². The molecule has 0 aliphatic heterocycles. The van der Waals surface area contributed by atoms with Crippen LogP contribution in [0.3, 0.4) is 0 Å². The number of anilines is 1. The van der Waals surface area contributed by atoms with Crippen LogP contribution in [-0.2, 0) is 4.79 Å². The van der Waals surface area contributed by atoms with Gasteiger partial charge in [-0.1, -0.05) is 26.1 Å². The number of thiocarbonyl (C=S) groups is 1. The molecule has 1 aromatic rings. The molecule has 7 heteroatoms. The lowest BCUT2D eigenvalue weighted by atomic mass is 9.96. The second-order valence-electron chi connectivity index (χ2n) is 4.35. The van der Waals surface area contributed by atoms with Crippen LogP contribution >= 0.6 is 12.2 Å². The summed E-state index contributed by atoms with van der Waals surface area (Å²) < 4.78 is 39.6. The number of hydrogen-bond donors (Lipinski definition) is 1. The van der Waals surface area contributed by atoms with Crippen LogP contribution < -0.4 is 5.32 Å². The van der Waals surface area contributed by atoms with Gasteiger partial charge in [0, 0.05) is 18.1 Å². The normalized spacial score (nSPS) is 11.8. The highest BCUT2D eigenvalue weighted by Crippen LogP contribution is 2.21. The molecule has 0 aromatic heterocycles. The average molecular weight is 300 g/mol. The van der Waals surface area contributed by atoms with E-state index < -0.39 is 40.8 Å². The van der Waals surface area contributed by atoms with Crippen molar-refractivity contribution < 1.29 is 18.0 Å². The maximum atomic E-state index is 13.4. The summed E-state index contributed by atoms with van der Waals surface area (Å²) in [6, 6.07) is 2.63. The van der Waals surface area contributed by atoms with E-state index in [1.807, 2.05) is 0 Å². The number of hydrogen-bond acceptors (Lipinski definition) is 3. The summed E-state index contributed by atoms with van der Waals surface area (Å²) in [7, 11) is 0. The molecule has 1 aromatic carbocycles. The highest BCUT2D eigenvalue weighted by atomic mass is 32.1. The summed E-state index contributed by atoms with van der Waals surface area (Å²) in [5.41, 5.74) is -0.687. The van der Waals surface area contributed by atoms with Gasteiger partial charge in [0.25, 0.3) is 0 Å². The lowest BCUT2D eigenvalue weighted by Gasteiger charge is -2.15. The lowest BCUT2D eigenvalue weighted by molar-refractivity contribution is -0.122. The van der Waals surface area contributed by atoms with Crippen LogP contribution in [0.25, 0.3) is 0 Å². The number of benzene rings is 1. The number of ketones is 1. The number of Topliss-reactive ketones (excluding diaryl/α,β-unsaturated/α-hetero) is 1. The molecule has 0 fully saturated rings. The van der Waals surface area contributed by atoms with Crippen molar-refractivity contribution in [1.82, 2.24) is 0 Å². The molecular weight excluding hydrogens is 289 g/mol. The minimum Gasteiger partial charge on any atom is -0.344 e. The minimum atomic E-state index is -1.31. The molecule has 1 N–H and O–H groups in total. The molecule has 0 saturated carbocycles. The van der Waals surface area contributed by atoms with Crippen molar-refractivity contribution in [3.63, 3.8) is 0 Å². The summed E-state index contributed by atoms with van der Waals surface area (Å²) in [5.74, 6) is -5.70. The molecule has 1 rings (SSSR count). The zero-order valence-electron chi connectivity index (χ0n) is 10.7. The quantitative estimate of drug-likeness (QED) is 0.868. The summed E-state index contributed by atoms with van der Waals surface area (Å²) in [6.07, 6.45) is 0. The van der Waals surface area contributed by atoms with Crippen LogP contribution in [0.2, 0.25) is 0 Å². The molecule has 0 heterocycles. The Bertz CT molecular complexity index is 573. The highest BCUT2D eigenvalue weighted by Gasteiger charge is 2.26. The summed E-state index contributed by atoms with van der Waals surface area (Å²) >= 11 is 4.82. The summed E-state index contributed by atoms with van der Waals surface area (Å²) in [6.45, 7) is 3.16. The Labute approximate surface area is 119 Å². The molecule has 1 atom stereocenters. The van der Waals surface area contributed by atoms with E-state index in [0.717, 1.165) is 0 Å². The summed E-state index contributed by atoms with van der Waals surface area (Å²) in [5, 5.41) is 11.1. The SMILES string of the molecule is CC(C)C(=O)C(C#N)C(=S)Nc1c(F)cc(F)cc1F. The number of halogens is 3. The minimum absolute atomic E-state index is 0.324. The van der Waals surface area contributed by atoms with Gasteiger partial charge in [-0.2, -0.15) is 5.26 Å². The highest BCUT2D eigenvalue weighted by molar-refractivity contribution is 7.80. The van der Waals surface area contributed by atoms with Crippen LogP contribution in [0.15, 0.2) is 12.1 Å². The van der Waals surface area contributed by atoms with E-state index in [2.05, 4.69) is 5.32 Å². The Hall–Kier alpha value is -1.94. The van der Waals surface area contributed by atoms with Gasteiger partial charge in [-0.15, -0.1) is 0 Å². The fourth-order valence-corrected chi connectivity index (χ4v) is 1.71. The van der Waals surface area contributed by atoms with E-state index in [9.17, 15) is 18.0 Å². The Morgan fingerprint density at radius 2 is 1.80 bits per heavy atom. The van der Waals surface area contributed by atoms with Crippen molar-refractivity contribution in [2.45, 2.75) is 13.8 Å². The first-order valence-electron chi connectivity index (χ1n) is 5.66. The number of nitrogens with one attached hydrogen (secondary N) is 1. The number of rotatable bonds is 4. The maximum absolute atomic E-state index is 13.4. The molecule has 0 radical (unpaired) electrons. The van der Waals surface area contributed by atoms with Gasteiger partial charge in [0.05, 0.1) is 6.07 Å². The molecule has 0 spiro atoms. The van der Waals surface area contributed by atoms with Crippen LogP contribution in [0.5, 0.6) is 0 Å². The van der Waals surface area contributed by atoms with Gasteiger partial charge in [0.15, 0.2) is 23.3 Å². The number of carbonyl (C=O) groups excluding carboxylic acids is 1. The predicted octanol–water partition coefficient (Wildman–Crippen LogP) is 3.21. The Morgan fingerprint density at radius 1 is 1.30 bits per heavy atom. The molecule has 106 valence electrons. The van der Waals surface area contributed by atoms with E-state index in [1.165, 1.54) is 0 Å². The van der Waals surface area contributed by atoms with Gasteiger partial charge in [-0.25, -0.2) is 13.2 Å². The topological polar surface area (TPSA) is 52.9 Å². The van der Waals surface area contributed by atoms with Gasteiger partial charge in [-0.05, 0) is 0 Å². The van der Waals surface area contributed by atoms with E-state index in [1.54, 1.807) is 19.9 Å². The first kappa shape index (κ1) is 16.1. The largest absolute Gasteiger partial charge is 0.344 e. The van der Waals surface area contributed by atoms with Crippen LogP contribution in [0.1, 0.15) is 13.8 Å². The van der Waals surface area contributed by atoms with Crippen LogP contribution in [0, 0.1) is 40.6 Å². The molecule has 0 amide bonds. The maximum Gasteiger partial charge on any atom is 0.159 e. The molecule has 0 aliphatic rings. The van der Waals surface area contributed by atoms with E-state index >= 15 is 0 Å². The van der Waals surface area contributed by atoms with E-state index in [0.29, 0.717) is 12.1 Å². The van der Waals surface area contributed by atoms with Gasteiger partial charge < -0.3 is 5.32 Å².